The molecule has 0 N–H and O–H groups in total. The molecule has 18 heavy (non-hydrogen) atoms. The number of hydrogen-bond donors (Lipinski definition) is 0. The Bertz CT molecular complexity index is 476. The van der Waals surface area contributed by atoms with E-state index in [4.69, 9.17) is 0 Å². The molecule has 1 fully saturated rings. The van der Waals surface area contributed by atoms with Gasteiger partial charge in [0, 0.05) is 17.4 Å². The number of benzene rings is 1. The molecule has 1 aromatic rings. The first-order chi connectivity index (χ1) is 8.43. The maximum atomic E-state index is 12.8. The van der Waals surface area contributed by atoms with Crippen LogP contribution >= 0.6 is 0 Å². The Kier molecular flexibility index (Phi) is 3.33. The van der Waals surface area contributed by atoms with Gasteiger partial charge in [-0.1, -0.05) is 13.8 Å². The minimum atomic E-state index is -0.356. The summed E-state index contributed by atoms with van der Waals surface area (Å²) in [5.74, 6) is -0.224. The van der Waals surface area contributed by atoms with Crippen molar-refractivity contribution in [3.8, 4) is 0 Å². The van der Waals surface area contributed by atoms with Crippen molar-refractivity contribution in [3.63, 3.8) is 0 Å². The maximum absolute atomic E-state index is 12.8. The van der Waals surface area contributed by atoms with Crippen molar-refractivity contribution < 1.29 is 14.0 Å². The Morgan fingerprint density at radius 3 is 2.06 bits per heavy atom. The second kappa shape index (κ2) is 4.63. The van der Waals surface area contributed by atoms with Gasteiger partial charge in [-0.05, 0) is 43.0 Å². The van der Waals surface area contributed by atoms with Crippen molar-refractivity contribution in [1.82, 2.24) is 0 Å². The Morgan fingerprint density at radius 1 is 1.11 bits per heavy atom. The van der Waals surface area contributed by atoms with E-state index in [0.717, 1.165) is 0 Å². The van der Waals surface area contributed by atoms with Gasteiger partial charge in [0.25, 0.3) is 0 Å². The lowest BCUT2D eigenvalue weighted by atomic mass is 10.0. The fraction of sp³-hybridized carbons (Fsp3) is 0.467. The summed E-state index contributed by atoms with van der Waals surface area (Å²) in [4.78, 5) is 23.8. The third kappa shape index (κ3) is 2.22. The summed E-state index contributed by atoms with van der Waals surface area (Å²) in [6.07, 6.45) is 0. The second-order valence-corrected chi connectivity index (χ2v) is 5.35. The monoisotopic (exact) mass is 248 g/mol. The molecule has 0 unspecified atom stereocenters. The molecule has 2 rings (SSSR count). The molecule has 0 saturated heterocycles. The second-order valence-electron chi connectivity index (χ2n) is 5.35. The molecule has 0 aromatic heterocycles. The average molecular weight is 248 g/mol. The van der Waals surface area contributed by atoms with E-state index in [1.165, 1.54) is 31.2 Å². The number of carbonyl (C=O) groups is 2. The van der Waals surface area contributed by atoms with E-state index in [0.29, 0.717) is 11.5 Å². The zero-order valence-corrected chi connectivity index (χ0v) is 10.8. The number of Topliss-reactive ketones (excluding diaryl/α,β-unsaturated/α-hetero) is 2. The molecule has 0 spiro atoms. The largest absolute Gasteiger partial charge is 0.300 e. The quantitative estimate of drug-likeness (QED) is 0.767. The smallest absolute Gasteiger partial charge is 0.166 e. The van der Waals surface area contributed by atoms with Gasteiger partial charge in [0.2, 0.25) is 0 Å². The highest BCUT2D eigenvalue weighted by Gasteiger charge is 2.57. The number of carbonyl (C=O) groups excluding carboxylic acids is 2. The van der Waals surface area contributed by atoms with Crippen molar-refractivity contribution in [2.24, 2.45) is 23.7 Å². The highest BCUT2D eigenvalue weighted by atomic mass is 19.1. The van der Waals surface area contributed by atoms with E-state index in [1.807, 2.05) is 13.8 Å². The zero-order valence-electron chi connectivity index (χ0n) is 10.8. The summed E-state index contributed by atoms with van der Waals surface area (Å²) in [7, 11) is 0. The van der Waals surface area contributed by atoms with Gasteiger partial charge in [-0.3, -0.25) is 9.59 Å². The summed E-state index contributed by atoms with van der Waals surface area (Å²) in [5, 5.41) is 0. The van der Waals surface area contributed by atoms with E-state index in [2.05, 4.69) is 0 Å². The molecule has 0 heterocycles. The summed E-state index contributed by atoms with van der Waals surface area (Å²) < 4.78 is 12.8. The van der Waals surface area contributed by atoms with Crippen LogP contribution in [0.25, 0.3) is 0 Å². The van der Waals surface area contributed by atoms with Crippen LogP contribution in [-0.4, -0.2) is 11.6 Å². The van der Waals surface area contributed by atoms with Crippen LogP contribution in [0.15, 0.2) is 24.3 Å². The molecule has 0 amide bonds. The summed E-state index contributed by atoms with van der Waals surface area (Å²) in [6, 6.07) is 5.54. The first kappa shape index (κ1) is 12.9. The molecule has 1 aliphatic rings. The van der Waals surface area contributed by atoms with E-state index in [-0.39, 0.29) is 35.1 Å². The van der Waals surface area contributed by atoms with Gasteiger partial charge < -0.3 is 0 Å². The Balaban J connectivity index is 2.19. The topological polar surface area (TPSA) is 34.1 Å². The molecule has 0 aliphatic heterocycles. The molecule has 1 saturated carbocycles. The first-order valence-electron chi connectivity index (χ1n) is 6.23. The summed E-state index contributed by atoms with van der Waals surface area (Å²) in [5.41, 5.74) is 0.496. The van der Waals surface area contributed by atoms with Crippen molar-refractivity contribution >= 4 is 11.6 Å². The first-order valence-corrected chi connectivity index (χ1v) is 6.23. The average Bonchev–Trinajstić information content (AvgIpc) is 3.04. The number of halogens is 1. The number of ketones is 2. The van der Waals surface area contributed by atoms with Gasteiger partial charge >= 0.3 is 0 Å². The lowest BCUT2D eigenvalue weighted by molar-refractivity contribution is -0.118. The molecule has 0 radical (unpaired) electrons. The standard InChI is InChI=1S/C15H17FO2/c1-8(2)12-13(9(3)17)14(12)15(18)10-4-6-11(16)7-5-10/h4-8,12-14H,1-3H3/t12-,13-,14+/m0/s1. The highest BCUT2D eigenvalue weighted by Crippen LogP contribution is 2.52. The van der Waals surface area contributed by atoms with Crippen LogP contribution in [0, 0.1) is 29.5 Å². The summed E-state index contributed by atoms with van der Waals surface area (Å²) in [6.45, 7) is 5.59. The molecule has 1 aromatic carbocycles. The number of rotatable bonds is 4. The molecule has 3 heteroatoms. The zero-order chi connectivity index (χ0) is 13.4. The van der Waals surface area contributed by atoms with Gasteiger partial charge in [0.1, 0.15) is 11.6 Å². The van der Waals surface area contributed by atoms with Gasteiger partial charge in [0.15, 0.2) is 5.78 Å². The predicted molar refractivity (Wildman–Crippen MR) is 66.7 cm³/mol. The Hall–Kier alpha value is -1.51. The fourth-order valence-electron chi connectivity index (χ4n) is 2.83. The Labute approximate surface area is 106 Å². The van der Waals surface area contributed by atoms with E-state index < -0.39 is 0 Å². The number of hydrogen-bond acceptors (Lipinski definition) is 2. The normalized spacial score (nSPS) is 26.2. The third-order valence-corrected chi connectivity index (χ3v) is 3.75. The molecule has 2 nitrogen and oxygen atoms in total. The third-order valence-electron chi connectivity index (χ3n) is 3.75. The predicted octanol–water partition coefficient (Wildman–Crippen LogP) is 3.12. The van der Waals surface area contributed by atoms with Gasteiger partial charge in [0.05, 0.1) is 0 Å². The van der Waals surface area contributed by atoms with E-state index in [9.17, 15) is 14.0 Å². The lowest BCUT2D eigenvalue weighted by Crippen LogP contribution is -2.07. The van der Waals surface area contributed by atoms with Crippen LogP contribution in [0.1, 0.15) is 31.1 Å². The lowest BCUT2D eigenvalue weighted by Gasteiger charge is -2.02. The molecule has 0 bridgehead atoms. The Morgan fingerprint density at radius 2 is 1.67 bits per heavy atom. The van der Waals surface area contributed by atoms with Gasteiger partial charge in [-0.2, -0.15) is 0 Å². The van der Waals surface area contributed by atoms with Crippen molar-refractivity contribution in [3.05, 3.63) is 35.6 Å². The van der Waals surface area contributed by atoms with E-state index in [1.54, 1.807) is 0 Å². The SMILES string of the molecule is CC(=O)[C@@H]1[C@H](C(=O)c2ccc(F)cc2)[C@H]1C(C)C. The van der Waals surface area contributed by atoms with Crippen molar-refractivity contribution in [1.29, 1.82) is 0 Å². The molecular formula is C15H17FO2. The van der Waals surface area contributed by atoms with Crippen LogP contribution in [0.4, 0.5) is 4.39 Å². The van der Waals surface area contributed by atoms with Gasteiger partial charge in [-0.15, -0.1) is 0 Å². The van der Waals surface area contributed by atoms with Crippen LogP contribution < -0.4 is 0 Å². The van der Waals surface area contributed by atoms with Crippen LogP contribution in [0.5, 0.6) is 0 Å². The van der Waals surface area contributed by atoms with Crippen LogP contribution in [0.3, 0.4) is 0 Å². The van der Waals surface area contributed by atoms with Crippen LogP contribution in [-0.2, 0) is 4.79 Å². The minimum Gasteiger partial charge on any atom is -0.300 e. The molecule has 3 atom stereocenters. The fourth-order valence-corrected chi connectivity index (χ4v) is 2.83. The molecule has 1 aliphatic carbocycles. The molecular weight excluding hydrogens is 231 g/mol. The molecule has 96 valence electrons. The summed E-state index contributed by atoms with van der Waals surface area (Å²) >= 11 is 0. The van der Waals surface area contributed by atoms with E-state index >= 15 is 0 Å². The van der Waals surface area contributed by atoms with Crippen molar-refractivity contribution in [2.75, 3.05) is 0 Å². The van der Waals surface area contributed by atoms with Crippen LogP contribution in [0.2, 0.25) is 0 Å². The maximum Gasteiger partial charge on any atom is 0.166 e. The van der Waals surface area contributed by atoms with Crippen molar-refractivity contribution in [2.45, 2.75) is 20.8 Å². The highest BCUT2D eigenvalue weighted by molar-refractivity contribution is 6.04. The minimum absolute atomic E-state index is 0.0334. The van der Waals surface area contributed by atoms with Gasteiger partial charge in [-0.25, -0.2) is 4.39 Å².